The van der Waals surface area contributed by atoms with Crippen LogP contribution in [0.15, 0.2) is 60.8 Å². The van der Waals surface area contributed by atoms with Gasteiger partial charge < -0.3 is 20.1 Å². The molecule has 0 fully saturated rings. The van der Waals surface area contributed by atoms with E-state index in [4.69, 9.17) is 9.47 Å². The second-order valence-electron chi connectivity index (χ2n) is 8.99. The third-order valence-electron chi connectivity index (χ3n) is 6.04. The second-order valence-corrected chi connectivity index (χ2v) is 8.99. The van der Waals surface area contributed by atoms with Gasteiger partial charge in [-0.3, -0.25) is 14.4 Å². The van der Waals surface area contributed by atoms with Gasteiger partial charge in [-0.05, 0) is 55.7 Å². The zero-order valence-corrected chi connectivity index (χ0v) is 22.2. The SMILES string of the molecule is CCCC(=O)Oc1c(OC)ccnc1C(=O)N[C@@H](C)C(=O)N[C@@H](C)C(c1ccc(F)cc1)c1ccc(F)cc1. The lowest BCUT2D eigenvalue weighted by atomic mass is 9.85. The molecule has 0 aliphatic carbocycles. The minimum atomic E-state index is -1.01. The van der Waals surface area contributed by atoms with Crippen LogP contribution in [-0.2, 0) is 9.59 Å². The van der Waals surface area contributed by atoms with Crippen LogP contribution in [-0.4, -0.2) is 42.0 Å². The van der Waals surface area contributed by atoms with Gasteiger partial charge in [-0.1, -0.05) is 31.2 Å². The van der Waals surface area contributed by atoms with Crippen LogP contribution in [0.1, 0.15) is 61.1 Å². The maximum absolute atomic E-state index is 13.6. The van der Waals surface area contributed by atoms with Crippen LogP contribution in [0.2, 0.25) is 0 Å². The number of hydrogen-bond acceptors (Lipinski definition) is 6. The Hall–Kier alpha value is -4.34. The summed E-state index contributed by atoms with van der Waals surface area (Å²) in [5, 5.41) is 5.45. The Kier molecular flexibility index (Phi) is 10.1. The summed E-state index contributed by atoms with van der Waals surface area (Å²) in [4.78, 5) is 42.3. The number of nitrogens with zero attached hydrogens (tertiary/aromatic N) is 1. The summed E-state index contributed by atoms with van der Waals surface area (Å²) in [6, 6.07) is 11.6. The highest BCUT2D eigenvalue weighted by Crippen LogP contribution is 2.31. The molecule has 39 heavy (non-hydrogen) atoms. The van der Waals surface area contributed by atoms with E-state index in [2.05, 4.69) is 15.6 Å². The summed E-state index contributed by atoms with van der Waals surface area (Å²) >= 11 is 0. The van der Waals surface area contributed by atoms with Crippen LogP contribution in [0.3, 0.4) is 0 Å². The van der Waals surface area contributed by atoms with Gasteiger partial charge in [-0.25, -0.2) is 13.8 Å². The van der Waals surface area contributed by atoms with Gasteiger partial charge in [0.25, 0.3) is 5.91 Å². The normalized spacial score (nSPS) is 12.4. The number of aromatic nitrogens is 1. The summed E-state index contributed by atoms with van der Waals surface area (Å²) in [5.41, 5.74) is 1.22. The fourth-order valence-corrected chi connectivity index (χ4v) is 4.09. The highest BCUT2D eigenvalue weighted by molar-refractivity contribution is 5.99. The van der Waals surface area contributed by atoms with E-state index >= 15 is 0 Å². The maximum Gasteiger partial charge on any atom is 0.311 e. The van der Waals surface area contributed by atoms with Gasteiger partial charge in [0.1, 0.15) is 17.7 Å². The van der Waals surface area contributed by atoms with E-state index in [1.165, 1.54) is 50.6 Å². The molecule has 0 unspecified atom stereocenters. The average Bonchev–Trinajstić information content (AvgIpc) is 2.91. The quantitative estimate of drug-likeness (QED) is 0.347. The summed E-state index contributed by atoms with van der Waals surface area (Å²) in [7, 11) is 1.37. The molecular weight excluding hydrogens is 508 g/mol. The molecule has 3 rings (SSSR count). The van der Waals surface area contributed by atoms with Crippen LogP contribution in [0.5, 0.6) is 11.5 Å². The fourth-order valence-electron chi connectivity index (χ4n) is 4.09. The number of methoxy groups -OCH3 is 1. The first kappa shape index (κ1) is 29.2. The third-order valence-corrected chi connectivity index (χ3v) is 6.04. The largest absolute Gasteiger partial charge is 0.493 e. The van der Waals surface area contributed by atoms with Crippen molar-refractivity contribution in [2.75, 3.05) is 7.11 Å². The average molecular weight is 540 g/mol. The number of carbonyl (C=O) groups is 3. The summed E-state index contributed by atoms with van der Waals surface area (Å²) in [5.74, 6) is -3.02. The summed E-state index contributed by atoms with van der Waals surface area (Å²) in [6.45, 7) is 5.07. The number of amides is 2. The van der Waals surface area contributed by atoms with Crippen LogP contribution in [0.4, 0.5) is 8.78 Å². The van der Waals surface area contributed by atoms with E-state index in [1.807, 2.05) is 6.92 Å². The monoisotopic (exact) mass is 539 g/mol. The van der Waals surface area contributed by atoms with Crippen molar-refractivity contribution < 1.29 is 32.6 Å². The Morgan fingerprint density at radius 1 is 0.897 bits per heavy atom. The number of pyridine rings is 1. The predicted molar refractivity (Wildman–Crippen MR) is 141 cm³/mol. The standard InChI is InChI=1S/C29H31F2N3O5/c1-5-6-24(35)39-27-23(38-4)15-16-32-26(27)29(37)34-18(3)28(36)33-17(2)25(19-7-11-21(30)12-8-19)20-9-13-22(31)14-10-20/h7-18,25H,5-6H2,1-4H3,(H,33,36)(H,34,37)/t17-,18-/m0/s1. The van der Waals surface area contributed by atoms with E-state index in [0.29, 0.717) is 17.5 Å². The minimum absolute atomic E-state index is 0.135. The maximum atomic E-state index is 13.6. The molecule has 1 aromatic heterocycles. The Bertz CT molecular complexity index is 1250. The molecule has 1 heterocycles. The van der Waals surface area contributed by atoms with Gasteiger partial charge in [-0.15, -0.1) is 0 Å². The van der Waals surface area contributed by atoms with Gasteiger partial charge in [-0.2, -0.15) is 0 Å². The number of ether oxygens (including phenoxy) is 2. The minimum Gasteiger partial charge on any atom is -0.493 e. The molecule has 2 atom stereocenters. The molecule has 0 aliphatic rings. The molecule has 0 spiro atoms. The van der Waals surface area contributed by atoms with E-state index in [9.17, 15) is 23.2 Å². The number of benzene rings is 2. The van der Waals surface area contributed by atoms with Crippen LogP contribution < -0.4 is 20.1 Å². The highest BCUT2D eigenvalue weighted by atomic mass is 19.1. The van der Waals surface area contributed by atoms with E-state index in [0.717, 1.165) is 0 Å². The Morgan fingerprint density at radius 3 is 1.97 bits per heavy atom. The first-order chi connectivity index (χ1) is 18.6. The molecule has 8 nitrogen and oxygen atoms in total. The van der Waals surface area contributed by atoms with Gasteiger partial charge >= 0.3 is 5.97 Å². The molecule has 10 heteroatoms. The van der Waals surface area contributed by atoms with Crippen molar-refractivity contribution in [3.05, 3.63) is 89.2 Å². The summed E-state index contributed by atoms with van der Waals surface area (Å²) in [6.07, 6.45) is 2.02. The molecule has 2 aromatic carbocycles. The van der Waals surface area contributed by atoms with Crippen molar-refractivity contribution in [3.8, 4) is 11.5 Å². The first-order valence-electron chi connectivity index (χ1n) is 12.5. The zero-order valence-electron chi connectivity index (χ0n) is 22.2. The van der Waals surface area contributed by atoms with Gasteiger partial charge in [0.05, 0.1) is 7.11 Å². The van der Waals surface area contributed by atoms with Crippen LogP contribution >= 0.6 is 0 Å². The zero-order chi connectivity index (χ0) is 28.5. The number of halogens is 2. The summed E-state index contributed by atoms with van der Waals surface area (Å²) < 4.78 is 37.7. The van der Waals surface area contributed by atoms with E-state index < -0.39 is 47.4 Å². The molecule has 206 valence electrons. The lowest BCUT2D eigenvalue weighted by Crippen LogP contribution is -2.49. The van der Waals surface area contributed by atoms with Crippen molar-refractivity contribution in [2.45, 2.75) is 51.6 Å². The lowest BCUT2D eigenvalue weighted by molar-refractivity contribution is -0.134. The first-order valence-corrected chi connectivity index (χ1v) is 12.5. The van der Waals surface area contributed by atoms with Gasteiger partial charge in [0, 0.05) is 30.6 Å². The number of rotatable bonds is 11. The van der Waals surface area contributed by atoms with Crippen molar-refractivity contribution >= 4 is 17.8 Å². The second kappa shape index (κ2) is 13.5. The van der Waals surface area contributed by atoms with Gasteiger partial charge in [0.15, 0.2) is 11.4 Å². The van der Waals surface area contributed by atoms with Crippen LogP contribution in [0, 0.1) is 11.6 Å². The third kappa shape index (κ3) is 7.59. The van der Waals surface area contributed by atoms with E-state index in [-0.39, 0.29) is 23.6 Å². The van der Waals surface area contributed by atoms with Gasteiger partial charge in [0.2, 0.25) is 11.7 Å². The number of carbonyl (C=O) groups excluding carboxylic acids is 3. The van der Waals surface area contributed by atoms with E-state index in [1.54, 1.807) is 31.2 Å². The molecular formula is C29H31F2N3O5. The number of hydrogen-bond donors (Lipinski definition) is 2. The molecule has 0 saturated heterocycles. The molecule has 0 bridgehead atoms. The highest BCUT2D eigenvalue weighted by Gasteiger charge is 2.28. The lowest BCUT2D eigenvalue weighted by Gasteiger charge is -2.27. The smallest absolute Gasteiger partial charge is 0.311 e. The van der Waals surface area contributed by atoms with Crippen LogP contribution in [0.25, 0.3) is 0 Å². The van der Waals surface area contributed by atoms with Crippen molar-refractivity contribution in [3.63, 3.8) is 0 Å². The molecule has 3 aromatic rings. The van der Waals surface area contributed by atoms with Crippen molar-refractivity contribution in [2.24, 2.45) is 0 Å². The molecule has 0 aliphatic heterocycles. The molecule has 0 saturated carbocycles. The Labute approximate surface area is 225 Å². The van der Waals surface area contributed by atoms with Crippen molar-refractivity contribution in [1.29, 1.82) is 0 Å². The number of esters is 1. The Balaban J connectivity index is 1.77. The fraction of sp³-hybridized carbons (Fsp3) is 0.310. The van der Waals surface area contributed by atoms with Crippen molar-refractivity contribution in [1.82, 2.24) is 15.6 Å². The molecule has 2 amide bonds. The predicted octanol–water partition coefficient (Wildman–Crippen LogP) is 4.53. The molecule has 2 N–H and O–H groups in total. The number of nitrogens with one attached hydrogen (secondary N) is 2. The topological polar surface area (TPSA) is 107 Å². The Morgan fingerprint density at radius 2 is 1.46 bits per heavy atom. The molecule has 0 radical (unpaired) electrons.